The fraction of sp³-hybridized carbons (Fsp3) is 0.160. The van der Waals surface area contributed by atoms with E-state index in [0.717, 1.165) is 46.2 Å². The third kappa shape index (κ3) is 5.17. The maximum atomic E-state index is 11.9. The Morgan fingerprint density at radius 1 is 1.06 bits per heavy atom. The van der Waals surface area contributed by atoms with Crippen LogP contribution in [0, 0.1) is 0 Å². The molecule has 31 heavy (non-hydrogen) atoms. The molecule has 0 radical (unpaired) electrons. The summed E-state index contributed by atoms with van der Waals surface area (Å²) in [5.74, 6) is 1.05. The number of hydrogen-bond donors (Lipinski definition) is 2. The maximum Gasteiger partial charge on any atom is 0.252 e. The van der Waals surface area contributed by atoms with Gasteiger partial charge in [-0.2, -0.15) is 5.10 Å². The third-order valence-electron chi connectivity index (χ3n) is 4.83. The van der Waals surface area contributed by atoms with Crippen LogP contribution in [0.25, 0.3) is 10.8 Å². The number of hydrogen-bond acceptors (Lipinski definition) is 5. The molecule has 0 amide bonds. The summed E-state index contributed by atoms with van der Waals surface area (Å²) < 4.78 is 6.11. The lowest BCUT2D eigenvalue weighted by Gasteiger charge is -2.12. The molecule has 0 aliphatic rings. The van der Waals surface area contributed by atoms with Crippen molar-refractivity contribution in [3.05, 3.63) is 100.0 Å². The zero-order chi connectivity index (χ0) is 21.5. The van der Waals surface area contributed by atoms with Crippen molar-refractivity contribution in [2.75, 3.05) is 5.43 Å². The molecule has 0 fully saturated rings. The number of aromatic nitrogens is 2. The topological polar surface area (TPSA) is 79.4 Å². The van der Waals surface area contributed by atoms with E-state index >= 15 is 0 Å². The second-order valence-electron chi connectivity index (χ2n) is 7.18. The summed E-state index contributed by atoms with van der Waals surface area (Å²) in [7, 11) is 0. The van der Waals surface area contributed by atoms with Crippen molar-refractivity contribution in [3.63, 3.8) is 0 Å². The molecule has 0 aliphatic heterocycles. The lowest BCUT2D eigenvalue weighted by molar-refractivity contribution is 0.306. The molecular weight excluding hydrogens is 388 g/mol. The van der Waals surface area contributed by atoms with Gasteiger partial charge in [-0.05, 0) is 28.8 Å². The number of benzene rings is 3. The molecule has 1 aromatic heterocycles. The largest absolute Gasteiger partial charge is 0.488 e. The Bertz CT molecular complexity index is 1250. The lowest BCUT2D eigenvalue weighted by atomic mass is 10.0. The average Bonchev–Trinajstić information content (AvgIpc) is 2.79. The fourth-order valence-corrected chi connectivity index (χ4v) is 3.37. The van der Waals surface area contributed by atoms with E-state index in [9.17, 15) is 4.79 Å². The van der Waals surface area contributed by atoms with Gasteiger partial charge in [0.25, 0.3) is 5.56 Å². The van der Waals surface area contributed by atoms with Crippen LogP contribution >= 0.6 is 0 Å². The molecule has 0 atom stereocenters. The highest BCUT2D eigenvalue weighted by atomic mass is 16.5. The second-order valence-corrected chi connectivity index (χ2v) is 7.18. The summed E-state index contributed by atoms with van der Waals surface area (Å²) in [6.45, 7) is 2.51. The van der Waals surface area contributed by atoms with Crippen LogP contribution in [0.5, 0.6) is 5.75 Å². The molecule has 2 N–H and O–H groups in total. The van der Waals surface area contributed by atoms with Gasteiger partial charge in [0.05, 0.1) is 6.21 Å². The van der Waals surface area contributed by atoms with Crippen LogP contribution in [-0.4, -0.2) is 16.2 Å². The predicted molar refractivity (Wildman–Crippen MR) is 125 cm³/mol. The van der Waals surface area contributed by atoms with Gasteiger partial charge < -0.3 is 4.74 Å². The van der Waals surface area contributed by atoms with Crippen LogP contribution in [0.15, 0.2) is 82.7 Å². The second kappa shape index (κ2) is 9.71. The third-order valence-corrected chi connectivity index (χ3v) is 4.83. The molecule has 3 aromatic carbocycles. The van der Waals surface area contributed by atoms with Crippen LogP contribution in [0.2, 0.25) is 0 Å². The Labute approximate surface area is 180 Å². The van der Waals surface area contributed by atoms with Gasteiger partial charge in [0.1, 0.15) is 12.4 Å². The summed E-state index contributed by atoms with van der Waals surface area (Å²) in [4.78, 5) is 18.9. The van der Waals surface area contributed by atoms with E-state index in [2.05, 4.69) is 20.5 Å². The quantitative estimate of drug-likeness (QED) is 0.319. The smallest absolute Gasteiger partial charge is 0.252 e. The first-order valence-corrected chi connectivity index (χ1v) is 10.3. The number of hydrazone groups is 1. The van der Waals surface area contributed by atoms with Crippen molar-refractivity contribution >= 4 is 22.9 Å². The van der Waals surface area contributed by atoms with Crippen molar-refractivity contribution in [1.29, 1.82) is 0 Å². The molecule has 0 aliphatic carbocycles. The summed E-state index contributed by atoms with van der Waals surface area (Å²) in [6, 6.07) is 23.6. The normalized spacial score (nSPS) is 11.1. The van der Waals surface area contributed by atoms with E-state index in [4.69, 9.17) is 4.74 Å². The number of nitrogens with zero attached hydrogens (tertiary/aromatic N) is 2. The van der Waals surface area contributed by atoms with E-state index in [1.807, 2.05) is 73.7 Å². The molecule has 1 heterocycles. The van der Waals surface area contributed by atoms with E-state index in [1.165, 1.54) is 6.07 Å². The lowest BCUT2D eigenvalue weighted by Crippen LogP contribution is -2.12. The Hall–Kier alpha value is -3.93. The number of rotatable bonds is 8. The predicted octanol–water partition coefficient (Wildman–Crippen LogP) is 4.90. The average molecular weight is 412 g/mol. The van der Waals surface area contributed by atoms with Crippen LogP contribution in [0.3, 0.4) is 0 Å². The first-order valence-electron chi connectivity index (χ1n) is 10.3. The standard InChI is InChI=1S/C25H24N4O2/c1-2-8-20-15-24(30)28-25(27-20)29-26-16-22-21-12-7-6-11-19(21)13-14-23(22)31-17-18-9-4-3-5-10-18/h3-7,9-16H,2,8,17H2,1H3,(H2,27,28,29,30)/b26-16+. The molecule has 6 heteroatoms. The number of ether oxygens (including phenoxy) is 1. The number of aromatic amines is 1. The minimum atomic E-state index is -0.201. The minimum Gasteiger partial charge on any atom is -0.488 e. The number of fused-ring (bicyclic) bond motifs is 1. The maximum absolute atomic E-state index is 11.9. The highest BCUT2D eigenvalue weighted by Gasteiger charge is 2.08. The summed E-state index contributed by atoms with van der Waals surface area (Å²) in [5.41, 5.74) is 5.33. The fourth-order valence-electron chi connectivity index (χ4n) is 3.37. The number of nitrogens with one attached hydrogen (secondary N) is 2. The molecule has 6 nitrogen and oxygen atoms in total. The molecule has 0 bridgehead atoms. The van der Waals surface area contributed by atoms with Gasteiger partial charge in [-0.25, -0.2) is 10.4 Å². The van der Waals surface area contributed by atoms with Gasteiger partial charge in [0.2, 0.25) is 5.95 Å². The van der Waals surface area contributed by atoms with Crippen LogP contribution < -0.4 is 15.7 Å². The van der Waals surface area contributed by atoms with Gasteiger partial charge in [-0.3, -0.25) is 9.78 Å². The Balaban J connectivity index is 1.61. The zero-order valence-electron chi connectivity index (χ0n) is 17.3. The molecule has 0 saturated heterocycles. The molecule has 4 aromatic rings. The first-order chi connectivity index (χ1) is 15.2. The van der Waals surface area contributed by atoms with Crippen LogP contribution in [-0.2, 0) is 13.0 Å². The summed E-state index contributed by atoms with van der Waals surface area (Å²) >= 11 is 0. The van der Waals surface area contributed by atoms with Crippen molar-refractivity contribution < 1.29 is 4.74 Å². The first kappa shape index (κ1) is 20.3. The molecule has 0 spiro atoms. The van der Waals surface area contributed by atoms with Gasteiger partial charge in [0.15, 0.2) is 0 Å². The van der Waals surface area contributed by atoms with Gasteiger partial charge in [-0.1, -0.05) is 74.0 Å². The number of H-pyrrole nitrogens is 1. The Morgan fingerprint density at radius 3 is 2.71 bits per heavy atom. The molecule has 4 rings (SSSR count). The van der Waals surface area contributed by atoms with Gasteiger partial charge in [0, 0.05) is 17.3 Å². The molecular formula is C25H24N4O2. The van der Waals surface area contributed by atoms with E-state index in [-0.39, 0.29) is 5.56 Å². The number of anilines is 1. The highest BCUT2D eigenvalue weighted by molar-refractivity contribution is 6.02. The van der Waals surface area contributed by atoms with E-state index < -0.39 is 0 Å². The molecule has 0 saturated carbocycles. The van der Waals surface area contributed by atoms with Crippen LogP contribution in [0.4, 0.5) is 5.95 Å². The molecule has 0 unspecified atom stereocenters. The van der Waals surface area contributed by atoms with E-state index in [1.54, 1.807) is 6.21 Å². The van der Waals surface area contributed by atoms with Gasteiger partial charge in [-0.15, -0.1) is 0 Å². The summed E-state index contributed by atoms with van der Waals surface area (Å²) in [5, 5.41) is 6.45. The van der Waals surface area contributed by atoms with Gasteiger partial charge >= 0.3 is 0 Å². The van der Waals surface area contributed by atoms with Crippen molar-refractivity contribution in [2.24, 2.45) is 5.10 Å². The van der Waals surface area contributed by atoms with Crippen molar-refractivity contribution in [2.45, 2.75) is 26.4 Å². The summed E-state index contributed by atoms with van der Waals surface area (Å²) in [6.07, 6.45) is 3.36. The van der Waals surface area contributed by atoms with Crippen LogP contribution in [0.1, 0.15) is 30.2 Å². The number of aryl methyl sites for hydroxylation is 1. The Morgan fingerprint density at radius 2 is 1.87 bits per heavy atom. The highest BCUT2D eigenvalue weighted by Crippen LogP contribution is 2.27. The van der Waals surface area contributed by atoms with Crippen molar-refractivity contribution in [1.82, 2.24) is 9.97 Å². The monoisotopic (exact) mass is 412 g/mol. The zero-order valence-corrected chi connectivity index (χ0v) is 17.3. The Kier molecular flexibility index (Phi) is 6.38. The minimum absolute atomic E-state index is 0.201. The SMILES string of the molecule is CCCc1cc(=O)[nH]c(N/N=C/c2c(OCc3ccccc3)ccc3ccccc23)n1. The molecule has 156 valence electrons. The van der Waals surface area contributed by atoms with Crippen molar-refractivity contribution in [3.8, 4) is 5.75 Å². The van der Waals surface area contributed by atoms with E-state index in [0.29, 0.717) is 12.6 Å².